The first kappa shape index (κ1) is 18.5. The normalized spacial score (nSPS) is 31.5. The van der Waals surface area contributed by atoms with Crippen LogP contribution in [-0.4, -0.2) is 93.2 Å². The van der Waals surface area contributed by atoms with Crippen LogP contribution in [0.1, 0.15) is 0 Å². The molecule has 15 nitrogen and oxygen atoms in total. The van der Waals surface area contributed by atoms with E-state index in [2.05, 4.69) is 20.6 Å². The molecular weight excluding hydrogens is 380 g/mol. The summed E-state index contributed by atoms with van der Waals surface area (Å²) in [6, 6.07) is 0. The van der Waals surface area contributed by atoms with Gasteiger partial charge >= 0.3 is 45.2 Å². The van der Waals surface area contributed by atoms with E-state index in [0.717, 1.165) is 0 Å². The van der Waals surface area contributed by atoms with Gasteiger partial charge in [-0.1, -0.05) is 0 Å². The van der Waals surface area contributed by atoms with Gasteiger partial charge in [0.1, 0.15) is 0 Å². The van der Waals surface area contributed by atoms with E-state index in [1.165, 1.54) is 0 Å². The summed E-state index contributed by atoms with van der Waals surface area (Å²) in [4.78, 5) is 90.9. The van der Waals surface area contributed by atoms with Gasteiger partial charge in [0.05, 0.1) is 0 Å². The first-order valence-electron chi connectivity index (χ1n) is 4.28. The molecule has 1 aliphatic rings. The zero-order valence-corrected chi connectivity index (χ0v) is 14.0. The molecule has 0 bridgehead atoms. The summed E-state index contributed by atoms with van der Waals surface area (Å²) in [6.45, 7) is 0. The van der Waals surface area contributed by atoms with E-state index in [4.69, 9.17) is 48.0 Å². The molecule has 1 fully saturated rings. The maximum absolute atomic E-state index is 9.09. The van der Waals surface area contributed by atoms with Crippen molar-refractivity contribution in [3.63, 3.8) is 0 Å². The Morgan fingerprint density at radius 2 is 0.400 bits per heavy atom. The van der Waals surface area contributed by atoms with Crippen LogP contribution < -0.4 is 0 Å². The molecule has 0 aromatic carbocycles. The van der Waals surface area contributed by atoms with E-state index in [1.54, 1.807) is 0 Å². The third-order valence-electron chi connectivity index (χ3n) is 1.33. The number of rotatable bonds is 0. The van der Waals surface area contributed by atoms with Gasteiger partial charge in [-0.15, -0.1) is 0 Å². The van der Waals surface area contributed by atoms with E-state index in [1.807, 2.05) is 0 Å². The Bertz CT molecular complexity index is 254. The Labute approximate surface area is 114 Å². The average Bonchev–Trinajstić information content (AvgIpc) is 1.84. The fraction of sp³-hybridized carbons (Fsp3) is 0. The lowest BCUT2D eigenvalue weighted by Crippen LogP contribution is -2.71. The molecule has 0 saturated carbocycles. The summed E-state index contributed by atoms with van der Waals surface area (Å²) in [5.74, 6) is 0. The van der Waals surface area contributed by atoms with Gasteiger partial charge in [-0.25, -0.2) is 0 Å². The third kappa shape index (κ3) is 6.08. The molecule has 10 N–H and O–H groups in total. The quantitative estimate of drug-likeness (QED) is 0.172. The molecule has 0 aromatic rings. The lowest BCUT2D eigenvalue weighted by atomic mass is 15.5. The standard InChI is InChI=1S/H10O15Si5/c1-16(2)11-17(3,4)13-19(7,8)15-20(9,10)14-18(5,6)12-16/h1-10H. The average molecular weight is 390 g/mol. The minimum atomic E-state index is -5.71. The Morgan fingerprint density at radius 1 is 0.300 bits per heavy atom. The van der Waals surface area contributed by atoms with E-state index >= 15 is 0 Å². The molecule has 1 heterocycles. The molecule has 0 spiro atoms. The molecule has 1 saturated heterocycles. The molecule has 0 aromatic heterocycles. The second kappa shape index (κ2) is 5.29. The van der Waals surface area contributed by atoms with Crippen molar-refractivity contribution in [3.05, 3.63) is 0 Å². The van der Waals surface area contributed by atoms with Gasteiger partial charge in [-0.2, -0.15) is 0 Å². The van der Waals surface area contributed by atoms with E-state index < -0.39 is 45.2 Å². The predicted molar refractivity (Wildman–Crippen MR) is 56.4 cm³/mol. The molecular formula is H10O15Si5. The van der Waals surface area contributed by atoms with Crippen LogP contribution in [0.4, 0.5) is 0 Å². The summed E-state index contributed by atoms with van der Waals surface area (Å²) in [5.41, 5.74) is 0. The van der Waals surface area contributed by atoms with E-state index in [9.17, 15) is 0 Å². The van der Waals surface area contributed by atoms with E-state index in [-0.39, 0.29) is 0 Å². The molecule has 20 heavy (non-hydrogen) atoms. The molecule has 0 amide bonds. The van der Waals surface area contributed by atoms with Crippen LogP contribution in [-0.2, 0) is 20.6 Å². The van der Waals surface area contributed by atoms with Crippen molar-refractivity contribution in [3.8, 4) is 0 Å². The maximum Gasteiger partial charge on any atom is 0.662 e. The second-order valence-electron chi connectivity index (χ2n) is 3.25. The van der Waals surface area contributed by atoms with Gasteiger partial charge in [-0.05, 0) is 0 Å². The van der Waals surface area contributed by atoms with Crippen molar-refractivity contribution in [2.75, 3.05) is 0 Å². The first-order valence-corrected chi connectivity index (χ1v) is 12.8. The van der Waals surface area contributed by atoms with Crippen molar-refractivity contribution < 1.29 is 68.5 Å². The van der Waals surface area contributed by atoms with Crippen LogP contribution >= 0.6 is 0 Å². The highest BCUT2D eigenvalue weighted by Crippen LogP contribution is 2.21. The van der Waals surface area contributed by atoms with Gasteiger partial charge in [0, 0.05) is 0 Å². The summed E-state index contributed by atoms with van der Waals surface area (Å²) in [7, 11) is -28.5. The van der Waals surface area contributed by atoms with Gasteiger partial charge in [0.25, 0.3) is 0 Å². The van der Waals surface area contributed by atoms with Gasteiger partial charge in [-0.3, -0.25) is 0 Å². The maximum atomic E-state index is 9.09. The van der Waals surface area contributed by atoms with Crippen molar-refractivity contribution >= 4 is 45.2 Å². The van der Waals surface area contributed by atoms with Crippen LogP contribution in [0.2, 0.25) is 0 Å². The second-order valence-corrected chi connectivity index (χ2v) is 12.8. The smallest absolute Gasteiger partial charge is 0.368 e. The van der Waals surface area contributed by atoms with Crippen LogP contribution in [0.15, 0.2) is 0 Å². The molecule has 0 atom stereocenters. The van der Waals surface area contributed by atoms with Gasteiger partial charge in [0.2, 0.25) is 0 Å². The molecule has 0 unspecified atom stereocenters. The van der Waals surface area contributed by atoms with Crippen molar-refractivity contribution in [1.29, 1.82) is 0 Å². The third-order valence-corrected chi connectivity index (χ3v) is 12.0. The van der Waals surface area contributed by atoms with Crippen LogP contribution in [0, 0.1) is 0 Å². The summed E-state index contributed by atoms with van der Waals surface area (Å²) in [5, 5.41) is 0. The SMILES string of the molecule is O[Si]1(O)O[Si](O)(O)O[Si](O)(O)O[Si](O)(O)O[Si](O)(O)O1. The van der Waals surface area contributed by atoms with Gasteiger partial charge < -0.3 is 68.5 Å². The number of hydrogen-bond donors (Lipinski definition) is 10. The Hall–Kier alpha value is 0.484. The zero-order valence-electron chi connectivity index (χ0n) is 9.01. The largest absolute Gasteiger partial charge is 0.662 e. The lowest BCUT2D eigenvalue weighted by Gasteiger charge is -2.34. The van der Waals surface area contributed by atoms with Gasteiger partial charge in [0.15, 0.2) is 0 Å². The summed E-state index contributed by atoms with van der Waals surface area (Å²) in [6.07, 6.45) is 0. The summed E-state index contributed by atoms with van der Waals surface area (Å²) < 4.78 is 18.6. The Kier molecular flexibility index (Phi) is 4.90. The molecule has 1 rings (SSSR count). The monoisotopic (exact) mass is 390 g/mol. The highest BCUT2D eigenvalue weighted by molar-refractivity contribution is 6.80. The fourth-order valence-electron chi connectivity index (χ4n) is 0.970. The fourth-order valence-corrected chi connectivity index (χ4v) is 10.6. The highest BCUT2D eigenvalue weighted by Gasteiger charge is 2.67. The minimum absolute atomic E-state index is 3.72. The highest BCUT2D eigenvalue weighted by atomic mass is 28.6. The molecule has 0 aliphatic carbocycles. The number of hydrogen-bond acceptors (Lipinski definition) is 15. The lowest BCUT2D eigenvalue weighted by molar-refractivity contribution is -0.0437. The Balaban J connectivity index is 3.15. The molecule has 20 heteroatoms. The molecule has 1 aliphatic heterocycles. The van der Waals surface area contributed by atoms with Crippen molar-refractivity contribution in [1.82, 2.24) is 0 Å². The molecule has 0 radical (unpaired) electrons. The van der Waals surface area contributed by atoms with Crippen LogP contribution in [0.3, 0.4) is 0 Å². The van der Waals surface area contributed by atoms with Crippen LogP contribution in [0.25, 0.3) is 0 Å². The topological polar surface area (TPSA) is 248 Å². The first-order chi connectivity index (χ1) is 8.54. The van der Waals surface area contributed by atoms with Crippen LogP contribution in [0.5, 0.6) is 0 Å². The summed E-state index contributed by atoms with van der Waals surface area (Å²) >= 11 is 0. The zero-order chi connectivity index (χ0) is 16.0. The van der Waals surface area contributed by atoms with E-state index in [0.29, 0.717) is 0 Å². The molecule has 120 valence electrons. The minimum Gasteiger partial charge on any atom is -0.368 e. The van der Waals surface area contributed by atoms with Crippen molar-refractivity contribution in [2.24, 2.45) is 0 Å². The van der Waals surface area contributed by atoms with Crippen molar-refractivity contribution in [2.45, 2.75) is 0 Å². The predicted octanol–water partition coefficient (Wildman–Crippen LogP) is -7.82. The Morgan fingerprint density at radius 3 is 0.500 bits per heavy atom.